The van der Waals surface area contributed by atoms with Crippen molar-refractivity contribution in [2.24, 2.45) is 5.92 Å². The Balaban J connectivity index is 1.52. The van der Waals surface area contributed by atoms with Crippen LogP contribution in [0.2, 0.25) is 0 Å². The lowest BCUT2D eigenvalue weighted by atomic mass is 10.1. The number of rotatable bonds is 7. The molecule has 0 aromatic carbocycles. The summed E-state index contributed by atoms with van der Waals surface area (Å²) in [6, 6.07) is 1.82. The molecule has 2 N–H and O–H groups in total. The molecule has 0 saturated heterocycles. The average molecular weight is 460 g/mol. The molecule has 34 heavy (non-hydrogen) atoms. The molecule has 2 aliphatic rings. The van der Waals surface area contributed by atoms with Gasteiger partial charge in [-0.3, -0.25) is 0 Å². The molecule has 8 nitrogen and oxygen atoms in total. The summed E-state index contributed by atoms with van der Waals surface area (Å²) in [7, 11) is 0. The minimum absolute atomic E-state index is 0.450. The number of aliphatic hydroxyl groups excluding tert-OH is 1. The first-order valence-electron chi connectivity index (χ1n) is 11.3. The Kier molecular flexibility index (Phi) is 5.54. The monoisotopic (exact) mass is 459 g/mol. The average Bonchev–Trinajstić information content (AvgIpc) is 3.50. The molecule has 1 saturated carbocycles. The van der Waals surface area contributed by atoms with Crippen LogP contribution in [0.5, 0.6) is 0 Å². The number of halogens is 1. The number of hydrogen-bond acceptors (Lipinski definition) is 6. The standard InChI is InChI=1S/C25H26FN7O/c1-14-24(19-7-9-20(26)10-8-19)31-32(12-18-5-6-18)25(14)29-21-11-22(28-13-27-21)33-16(3)23(17(4)34)15(2)30-33/h7,9,11,13,17-18,34H,5-6,12H2,1-4H3,(H,27,28,29). The molecule has 1 unspecified atom stereocenters. The van der Waals surface area contributed by atoms with Gasteiger partial charge in [-0.1, -0.05) is 5.73 Å². The first kappa shape index (κ1) is 22.0. The lowest BCUT2D eigenvalue weighted by molar-refractivity contribution is 0.197. The van der Waals surface area contributed by atoms with Gasteiger partial charge in [-0.2, -0.15) is 14.6 Å². The molecule has 3 heterocycles. The molecule has 5 rings (SSSR count). The summed E-state index contributed by atoms with van der Waals surface area (Å²) in [6.45, 7) is 8.28. The van der Waals surface area contributed by atoms with Crippen LogP contribution in [0.25, 0.3) is 11.4 Å². The maximum Gasteiger partial charge on any atom is 0.173 e. The van der Waals surface area contributed by atoms with E-state index < -0.39 is 11.9 Å². The number of aliphatic hydroxyl groups is 1. The van der Waals surface area contributed by atoms with Crippen molar-refractivity contribution in [1.82, 2.24) is 29.5 Å². The summed E-state index contributed by atoms with van der Waals surface area (Å²) in [4.78, 5) is 8.80. The quantitative estimate of drug-likeness (QED) is 0.504. The van der Waals surface area contributed by atoms with Crippen LogP contribution in [0, 0.1) is 26.7 Å². The summed E-state index contributed by atoms with van der Waals surface area (Å²) in [5.74, 6) is 2.16. The molecule has 174 valence electrons. The summed E-state index contributed by atoms with van der Waals surface area (Å²) in [5.41, 5.74) is 10.1. The molecule has 0 radical (unpaired) electrons. The van der Waals surface area contributed by atoms with Gasteiger partial charge in [0.25, 0.3) is 0 Å². The van der Waals surface area contributed by atoms with Gasteiger partial charge in [0.15, 0.2) is 11.6 Å². The number of aryl methyl sites for hydroxylation is 1. The largest absolute Gasteiger partial charge is 0.389 e. The summed E-state index contributed by atoms with van der Waals surface area (Å²) in [5, 5.41) is 22.9. The predicted octanol–water partition coefficient (Wildman–Crippen LogP) is 4.55. The molecule has 1 atom stereocenters. The first-order chi connectivity index (χ1) is 16.3. The Labute approximate surface area is 196 Å². The lowest BCUT2D eigenvalue weighted by Gasteiger charge is -2.11. The fourth-order valence-electron chi connectivity index (χ4n) is 4.28. The van der Waals surface area contributed by atoms with E-state index >= 15 is 0 Å². The number of aromatic nitrogens is 6. The zero-order valence-corrected chi connectivity index (χ0v) is 19.6. The first-order valence-corrected chi connectivity index (χ1v) is 11.3. The second-order valence-corrected chi connectivity index (χ2v) is 8.85. The van der Waals surface area contributed by atoms with Crippen molar-refractivity contribution in [1.29, 1.82) is 0 Å². The highest BCUT2D eigenvalue weighted by molar-refractivity contribution is 5.78. The highest BCUT2D eigenvalue weighted by Gasteiger charge is 2.26. The Morgan fingerprint density at radius 1 is 1.18 bits per heavy atom. The van der Waals surface area contributed by atoms with Gasteiger partial charge in [0.05, 0.1) is 17.4 Å². The molecule has 1 fully saturated rings. The predicted molar refractivity (Wildman–Crippen MR) is 126 cm³/mol. The topological polar surface area (TPSA) is 93.7 Å². The van der Waals surface area contributed by atoms with Crippen LogP contribution in [-0.4, -0.2) is 34.6 Å². The second-order valence-electron chi connectivity index (χ2n) is 8.85. The number of allylic oxidation sites excluding steroid dienone is 4. The number of hydrogen-bond donors (Lipinski definition) is 2. The third kappa shape index (κ3) is 4.13. The van der Waals surface area contributed by atoms with E-state index in [2.05, 4.69) is 31.8 Å². The number of nitrogens with one attached hydrogen (secondary N) is 1. The Hall–Kier alpha value is -3.77. The van der Waals surface area contributed by atoms with Crippen molar-refractivity contribution in [2.75, 3.05) is 5.32 Å². The smallest absolute Gasteiger partial charge is 0.173 e. The van der Waals surface area contributed by atoms with E-state index in [4.69, 9.17) is 5.10 Å². The van der Waals surface area contributed by atoms with Crippen molar-refractivity contribution in [3.8, 4) is 5.82 Å². The van der Waals surface area contributed by atoms with Crippen LogP contribution in [0.15, 0.2) is 41.8 Å². The third-order valence-corrected chi connectivity index (χ3v) is 6.17. The minimum atomic E-state index is -0.619. The van der Waals surface area contributed by atoms with Crippen molar-refractivity contribution < 1.29 is 9.50 Å². The Bertz CT molecular complexity index is 1410. The summed E-state index contributed by atoms with van der Waals surface area (Å²) in [6.07, 6.45) is 6.27. The van der Waals surface area contributed by atoms with Crippen molar-refractivity contribution in [3.05, 3.63) is 70.0 Å². The molecule has 0 spiro atoms. The molecular weight excluding hydrogens is 433 g/mol. The van der Waals surface area contributed by atoms with Crippen molar-refractivity contribution in [3.63, 3.8) is 0 Å². The number of nitrogens with zero attached hydrogens (tertiary/aromatic N) is 6. The van der Waals surface area contributed by atoms with Crippen molar-refractivity contribution in [2.45, 2.75) is 53.2 Å². The normalized spacial score (nSPS) is 15.9. The van der Waals surface area contributed by atoms with Gasteiger partial charge >= 0.3 is 0 Å². The van der Waals surface area contributed by atoms with Crippen LogP contribution in [0.4, 0.5) is 16.0 Å². The lowest BCUT2D eigenvalue weighted by Crippen LogP contribution is -2.09. The fraction of sp³-hybridized carbons (Fsp3) is 0.360. The van der Waals surface area contributed by atoms with Gasteiger partial charge in [0, 0.05) is 29.4 Å². The minimum Gasteiger partial charge on any atom is -0.389 e. The number of anilines is 2. The van der Waals surface area contributed by atoms with Gasteiger partial charge in [-0.25, -0.2) is 19.3 Å². The van der Waals surface area contributed by atoms with E-state index in [9.17, 15) is 9.50 Å². The van der Waals surface area contributed by atoms with Gasteiger partial charge in [0.2, 0.25) is 0 Å². The van der Waals surface area contributed by atoms with Gasteiger partial charge in [-0.05, 0) is 64.3 Å². The molecule has 0 aliphatic heterocycles. The maximum absolute atomic E-state index is 13.4. The fourth-order valence-corrected chi connectivity index (χ4v) is 4.28. The van der Waals surface area contributed by atoms with Crippen LogP contribution >= 0.6 is 0 Å². The zero-order chi connectivity index (χ0) is 24.0. The Morgan fingerprint density at radius 2 is 1.97 bits per heavy atom. The van der Waals surface area contributed by atoms with Crippen LogP contribution in [0.1, 0.15) is 54.1 Å². The molecule has 3 aromatic heterocycles. The van der Waals surface area contributed by atoms with E-state index in [1.54, 1.807) is 17.7 Å². The highest BCUT2D eigenvalue weighted by Crippen LogP contribution is 2.35. The van der Waals surface area contributed by atoms with E-state index in [0.717, 1.165) is 40.6 Å². The van der Waals surface area contributed by atoms with Crippen LogP contribution in [-0.2, 0) is 6.54 Å². The second kappa shape index (κ2) is 8.54. The maximum atomic E-state index is 13.4. The summed E-state index contributed by atoms with van der Waals surface area (Å²) < 4.78 is 17.0. The molecular formula is C25H26FN7O. The Morgan fingerprint density at radius 3 is 2.62 bits per heavy atom. The van der Waals surface area contributed by atoms with Gasteiger partial charge in [-0.15, -0.1) is 0 Å². The van der Waals surface area contributed by atoms with E-state index in [0.29, 0.717) is 23.1 Å². The van der Waals surface area contributed by atoms with Gasteiger partial charge < -0.3 is 10.4 Å². The molecule has 3 aromatic rings. The van der Waals surface area contributed by atoms with Crippen LogP contribution in [0.3, 0.4) is 0 Å². The molecule has 9 heteroatoms. The zero-order valence-electron chi connectivity index (χ0n) is 19.6. The summed E-state index contributed by atoms with van der Waals surface area (Å²) >= 11 is 0. The SMILES string of the molecule is Cc1nn(-c2cc(Nc3c(C)c(C4=C=C=C(F)C=C4)nn3CC3CC3)ncn2)c(C)c1C(C)O. The third-order valence-electron chi connectivity index (χ3n) is 6.17. The van der Waals surface area contributed by atoms with E-state index in [-0.39, 0.29) is 0 Å². The van der Waals surface area contributed by atoms with E-state index in [1.807, 2.05) is 31.5 Å². The van der Waals surface area contributed by atoms with Crippen LogP contribution < -0.4 is 5.32 Å². The molecule has 0 amide bonds. The van der Waals surface area contributed by atoms with Gasteiger partial charge in [0.1, 0.15) is 23.7 Å². The molecule has 2 aliphatic carbocycles. The van der Waals surface area contributed by atoms with E-state index in [1.165, 1.54) is 25.2 Å². The highest BCUT2D eigenvalue weighted by atomic mass is 19.1. The van der Waals surface area contributed by atoms with Crippen molar-refractivity contribution >= 4 is 17.2 Å². The molecule has 0 bridgehead atoms.